The van der Waals surface area contributed by atoms with Crippen LogP contribution in [0.1, 0.15) is 5.56 Å². The van der Waals surface area contributed by atoms with E-state index >= 15 is 0 Å². The average Bonchev–Trinajstić information content (AvgIpc) is 3.04. The second kappa shape index (κ2) is 3.60. The van der Waals surface area contributed by atoms with E-state index in [4.69, 9.17) is 0 Å². The number of anilines is 1. The van der Waals surface area contributed by atoms with Gasteiger partial charge < -0.3 is 9.72 Å². The Balaban J connectivity index is 1.86. The van der Waals surface area contributed by atoms with Crippen LogP contribution >= 0.6 is 0 Å². The molecule has 0 fully saturated rings. The summed E-state index contributed by atoms with van der Waals surface area (Å²) >= 11 is 0. The van der Waals surface area contributed by atoms with Crippen LogP contribution in [0.25, 0.3) is 16.9 Å². The topological polar surface area (TPSA) is 29.3 Å². The van der Waals surface area contributed by atoms with E-state index in [9.17, 15) is 0 Å². The maximum atomic E-state index is 4.65. The number of benzene rings is 1. The maximum absolute atomic E-state index is 4.65. The highest BCUT2D eigenvalue weighted by atomic mass is 15.0. The molecule has 3 heterocycles. The van der Waals surface area contributed by atoms with Crippen LogP contribution in [0.4, 0.5) is 5.69 Å². The molecule has 4 rings (SSSR count). The fraction of sp³-hybridized carbons (Fsp3) is 0.133. The molecule has 0 atom stereocenters. The first-order valence-electron chi connectivity index (χ1n) is 6.21. The zero-order chi connectivity index (χ0) is 11.9. The predicted molar refractivity (Wildman–Crippen MR) is 72.8 cm³/mol. The van der Waals surface area contributed by atoms with Crippen LogP contribution in [-0.2, 0) is 6.42 Å². The molecular formula is C15H13N3. The van der Waals surface area contributed by atoms with Gasteiger partial charge in [-0.2, -0.15) is 0 Å². The normalized spacial score (nSPS) is 13.6. The number of nitrogens with one attached hydrogen (secondary N) is 1. The molecule has 0 unspecified atom stereocenters. The SMILES string of the molecule is c1ccn2cc(-c3ccc4c(c3)CCN4)nc2c1. The lowest BCUT2D eigenvalue weighted by Crippen LogP contribution is -1.90. The smallest absolute Gasteiger partial charge is 0.137 e. The summed E-state index contributed by atoms with van der Waals surface area (Å²) < 4.78 is 2.06. The van der Waals surface area contributed by atoms with E-state index in [1.165, 1.54) is 16.8 Å². The predicted octanol–water partition coefficient (Wildman–Crippen LogP) is 2.97. The van der Waals surface area contributed by atoms with Crippen molar-refractivity contribution in [3.8, 4) is 11.3 Å². The van der Waals surface area contributed by atoms with Gasteiger partial charge in [0, 0.05) is 30.2 Å². The second-order valence-corrected chi connectivity index (χ2v) is 4.64. The van der Waals surface area contributed by atoms with Crippen molar-refractivity contribution in [2.75, 3.05) is 11.9 Å². The summed E-state index contributed by atoms with van der Waals surface area (Å²) in [6, 6.07) is 12.6. The molecule has 0 spiro atoms. The van der Waals surface area contributed by atoms with E-state index in [2.05, 4.69) is 39.1 Å². The van der Waals surface area contributed by atoms with Gasteiger partial charge in [-0.1, -0.05) is 12.1 Å². The number of fused-ring (bicyclic) bond motifs is 2. The van der Waals surface area contributed by atoms with Gasteiger partial charge in [0.1, 0.15) is 5.65 Å². The Morgan fingerprint density at radius 2 is 2.17 bits per heavy atom. The Kier molecular flexibility index (Phi) is 1.94. The Labute approximate surface area is 105 Å². The lowest BCUT2D eigenvalue weighted by atomic mass is 10.1. The zero-order valence-electron chi connectivity index (χ0n) is 9.93. The van der Waals surface area contributed by atoms with Crippen molar-refractivity contribution in [3.63, 3.8) is 0 Å². The second-order valence-electron chi connectivity index (χ2n) is 4.64. The Bertz CT molecular complexity index is 694. The Hall–Kier alpha value is -2.29. The van der Waals surface area contributed by atoms with Gasteiger partial charge in [0.15, 0.2) is 0 Å². The largest absolute Gasteiger partial charge is 0.384 e. The molecule has 1 aliphatic rings. The average molecular weight is 235 g/mol. The minimum absolute atomic E-state index is 0.992. The molecule has 0 saturated carbocycles. The quantitative estimate of drug-likeness (QED) is 0.702. The van der Waals surface area contributed by atoms with Gasteiger partial charge in [0.05, 0.1) is 5.69 Å². The molecule has 3 aromatic rings. The van der Waals surface area contributed by atoms with Crippen LogP contribution in [0.15, 0.2) is 48.8 Å². The van der Waals surface area contributed by atoms with Gasteiger partial charge >= 0.3 is 0 Å². The molecule has 88 valence electrons. The third-order valence-electron chi connectivity index (χ3n) is 3.47. The molecule has 3 nitrogen and oxygen atoms in total. The molecule has 0 amide bonds. The molecule has 2 aromatic heterocycles. The molecule has 0 saturated heterocycles. The van der Waals surface area contributed by atoms with Crippen molar-refractivity contribution >= 4 is 11.3 Å². The van der Waals surface area contributed by atoms with E-state index in [1.54, 1.807) is 0 Å². The molecule has 18 heavy (non-hydrogen) atoms. The van der Waals surface area contributed by atoms with Gasteiger partial charge in [-0.15, -0.1) is 0 Å². The monoisotopic (exact) mass is 235 g/mol. The van der Waals surface area contributed by atoms with Crippen molar-refractivity contribution in [2.24, 2.45) is 0 Å². The highest BCUT2D eigenvalue weighted by Crippen LogP contribution is 2.28. The summed E-state index contributed by atoms with van der Waals surface area (Å²) in [5.41, 5.74) is 5.88. The highest BCUT2D eigenvalue weighted by Gasteiger charge is 2.12. The lowest BCUT2D eigenvalue weighted by Gasteiger charge is -2.01. The van der Waals surface area contributed by atoms with Crippen LogP contribution in [0.5, 0.6) is 0 Å². The third-order valence-corrected chi connectivity index (χ3v) is 3.47. The van der Waals surface area contributed by atoms with Crippen molar-refractivity contribution in [1.29, 1.82) is 0 Å². The summed E-state index contributed by atoms with van der Waals surface area (Å²) in [4.78, 5) is 4.65. The number of hydrogen-bond donors (Lipinski definition) is 1. The first-order chi connectivity index (χ1) is 8.90. The molecule has 0 aliphatic carbocycles. The maximum Gasteiger partial charge on any atom is 0.137 e. The first-order valence-corrected chi connectivity index (χ1v) is 6.21. The number of pyridine rings is 1. The summed E-state index contributed by atoms with van der Waals surface area (Å²) in [6.07, 6.45) is 5.22. The molecule has 1 aromatic carbocycles. The summed E-state index contributed by atoms with van der Waals surface area (Å²) in [5, 5.41) is 3.38. The molecule has 0 radical (unpaired) electrons. The number of aromatic nitrogens is 2. The Morgan fingerprint density at radius 3 is 3.11 bits per heavy atom. The molecule has 3 heteroatoms. The van der Waals surface area contributed by atoms with Gasteiger partial charge in [0.25, 0.3) is 0 Å². The fourth-order valence-electron chi connectivity index (χ4n) is 2.54. The van der Waals surface area contributed by atoms with E-state index in [1.807, 2.05) is 24.4 Å². The van der Waals surface area contributed by atoms with E-state index in [0.717, 1.165) is 24.3 Å². The van der Waals surface area contributed by atoms with E-state index in [-0.39, 0.29) is 0 Å². The van der Waals surface area contributed by atoms with Gasteiger partial charge in [0.2, 0.25) is 0 Å². The van der Waals surface area contributed by atoms with Crippen molar-refractivity contribution in [3.05, 3.63) is 54.4 Å². The van der Waals surface area contributed by atoms with Crippen LogP contribution in [0.3, 0.4) is 0 Å². The van der Waals surface area contributed by atoms with Crippen molar-refractivity contribution < 1.29 is 0 Å². The number of nitrogens with zero attached hydrogens (tertiary/aromatic N) is 2. The summed E-state index contributed by atoms with van der Waals surface area (Å²) in [7, 11) is 0. The van der Waals surface area contributed by atoms with E-state index < -0.39 is 0 Å². The molecular weight excluding hydrogens is 222 g/mol. The van der Waals surface area contributed by atoms with Crippen molar-refractivity contribution in [1.82, 2.24) is 9.38 Å². The summed E-state index contributed by atoms with van der Waals surface area (Å²) in [5.74, 6) is 0. The Morgan fingerprint density at radius 1 is 1.17 bits per heavy atom. The minimum atomic E-state index is 0.992. The molecule has 0 bridgehead atoms. The van der Waals surface area contributed by atoms with Gasteiger partial charge in [-0.25, -0.2) is 4.98 Å². The molecule has 1 N–H and O–H groups in total. The van der Waals surface area contributed by atoms with Gasteiger partial charge in [-0.05, 0) is 36.2 Å². The fourth-order valence-corrected chi connectivity index (χ4v) is 2.54. The highest BCUT2D eigenvalue weighted by molar-refractivity contribution is 5.69. The number of hydrogen-bond acceptors (Lipinski definition) is 2. The lowest BCUT2D eigenvalue weighted by molar-refractivity contribution is 1.11. The van der Waals surface area contributed by atoms with Crippen LogP contribution in [0.2, 0.25) is 0 Å². The molecule has 1 aliphatic heterocycles. The van der Waals surface area contributed by atoms with Crippen molar-refractivity contribution in [2.45, 2.75) is 6.42 Å². The van der Waals surface area contributed by atoms with Crippen LogP contribution in [0, 0.1) is 0 Å². The first kappa shape index (κ1) is 9.71. The number of imidazole rings is 1. The van der Waals surface area contributed by atoms with E-state index in [0.29, 0.717) is 0 Å². The minimum Gasteiger partial charge on any atom is -0.384 e. The van der Waals surface area contributed by atoms with Crippen LogP contribution < -0.4 is 5.32 Å². The zero-order valence-corrected chi connectivity index (χ0v) is 9.93. The number of rotatable bonds is 1. The summed E-state index contributed by atoms with van der Waals surface area (Å²) in [6.45, 7) is 1.05. The standard InChI is InChI=1S/C15H13N3/c1-2-8-18-10-14(17-15(18)3-1)11-4-5-13-12(9-11)6-7-16-13/h1-5,8-10,16H,6-7H2. The third kappa shape index (κ3) is 1.40. The van der Waals surface area contributed by atoms with Crippen LogP contribution in [-0.4, -0.2) is 15.9 Å². The van der Waals surface area contributed by atoms with Gasteiger partial charge in [-0.3, -0.25) is 0 Å².